The van der Waals surface area contributed by atoms with E-state index in [1.54, 1.807) is 0 Å². The van der Waals surface area contributed by atoms with Gasteiger partial charge in [0.1, 0.15) is 0 Å². The molecule has 170 valence electrons. The summed E-state index contributed by atoms with van der Waals surface area (Å²) in [5.74, 6) is 0.562. The molecule has 2 atom stereocenters. The summed E-state index contributed by atoms with van der Waals surface area (Å²) in [5, 5.41) is 8.77. The van der Waals surface area contributed by atoms with Crippen LogP contribution in [-0.2, 0) is 0 Å². The Kier molecular flexibility index (Phi) is 5.64. The van der Waals surface area contributed by atoms with Gasteiger partial charge in [-0.3, -0.25) is 4.98 Å². The number of nitrogens with zero attached hydrogens (tertiary/aromatic N) is 1. The predicted molar refractivity (Wildman–Crippen MR) is 148 cm³/mol. The maximum Gasteiger partial charge on any atom is 0.0937 e. The Balaban J connectivity index is 1.46. The van der Waals surface area contributed by atoms with Crippen LogP contribution in [0.25, 0.3) is 32.8 Å². The van der Waals surface area contributed by atoms with Crippen molar-refractivity contribution in [1.29, 1.82) is 0 Å². The third-order valence-corrected chi connectivity index (χ3v) is 6.90. The van der Waals surface area contributed by atoms with Crippen molar-refractivity contribution < 1.29 is 0 Å². The third-order valence-electron chi connectivity index (χ3n) is 6.90. The van der Waals surface area contributed by atoms with Crippen LogP contribution in [0.1, 0.15) is 25.1 Å². The Hall–Kier alpha value is -4.17. The summed E-state index contributed by atoms with van der Waals surface area (Å²) < 4.78 is 0. The molecule has 1 aromatic heterocycles. The van der Waals surface area contributed by atoms with Gasteiger partial charge in [-0.15, -0.1) is 0 Å². The quantitative estimate of drug-likeness (QED) is 0.288. The van der Waals surface area contributed by atoms with Crippen molar-refractivity contribution in [3.8, 4) is 11.3 Å². The summed E-state index contributed by atoms with van der Waals surface area (Å²) in [6.45, 7) is 2.26. The lowest BCUT2D eigenvalue weighted by Crippen LogP contribution is -2.16. The number of nitrogens with one attached hydrogen (secondary N) is 1. The second kappa shape index (κ2) is 9.23. The minimum atomic E-state index is -0.0421. The molecule has 0 saturated heterocycles. The second-order valence-corrected chi connectivity index (χ2v) is 9.35. The highest BCUT2D eigenvalue weighted by molar-refractivity contribution is 5.96. The van der Waals surface area contributed by atoms with Crippen molar-refractivity contribution in [2.75, 3.05) is 5.32 Å². The Morgan fingerprint density at radius 3 is 2.23 bits per heavy atom. The summed E-state index contributed by atoms with van der Waals surface area (Å²) in [4.78, 5) is 5.23. The monoisotopic (exact) mass is 452 g/mol. The van der Waals surface area contributed by atoms with Gasteiger partial charge in [0.25, 0.3) is 0 Å². The average Bonchev–Trinajstić information content (AvgIpc) is 2.92. The van der Waals surface area contributed by atoms with E-state index in [2.05, 4.69) is 134 Å². The first-order chi connectivity index (χ1) is 17.3. The molecule has 0 radical (unpaired) electrons. The third kappa shape index (κ3) is 4.24. The molecule has 35 heavy (non-hydrogen) atoms. The molecule has 0 saturated carbocycles. The molecule has 0 spiro atoms. The van der Waals surface area contributed by atoms with Crippen molar-refractivity contribution in [2.45, 2.75) is 19.4 Å². The molecule has 0 amide bonds. The van der Waals surface area contributed by atoms with Crippen LogP contribution < -0.4 is 5.32 Å². The van der Waals surface area contributed by atoms with Crippen LogP contribution in [-0.4, -0.2) is 4.98 Å². The van der Waals surface area contributed by atoms with E-state index >= 15 is 0 Å². The average molecular weight is 453 g/mol. The maximum atomic E-state index is 5.23. The highest BCUT2D eigenvalue weighted by Crippen LogP contribution is 2.35. The molecule has 4 aromatic carbocycles. The zero-order valence-electron chi connectivity index (χ0n) is 19.9. The molecule has 0 aliphatic heterocycles. The van der Waals surface area contributed by atoms with Gasteiger partial charge >= 0.3 is 0 Å². The standard InChI is InChI=1S/C33H28N2/c1-23-19-21-26(22-20-23)33(35-30-16-7-12-25-10-3-5-14-28(25)30)32-18-8-17-31(34-32)29-15-6-11-24-9-2-4-13-27(24)29/h2-19,21-23,33,35H,20H2,1H3. The lowest BCUT2D eigenvalue weighted by Gasteiger charge is -2.25. The number of allylic oxidation sites excluding steroid dienone is 2. The van der Waals surface area contributed by atoms with Crippen LogP contribution in [0.2, 0.25) is 0 Å². The van der Waals surface area contributed by atoms with Crippen molar-refractivity contribution in [2.24, 2.45) is 5.92 Å². The lowest BCUT2D eigenvalue weighted by atomic mass is 9.92. The first-order valence-corrected chi connectivity index (χ1v) is 12.3. The fourth-order valence-electron chi connectivity index (χ4n) is 5.00. The van der Waals surface area contributed by atoms with Crippen LogP contribution in [0.5, 0.6) is 0 Å². The van der Waals surface area contributed by atoms with Gasteiger partial charge < -0.3 is 5.32 Å². The van der Waals surface area contributed by atoms with Gasteiger partial charge in [0.05, 0.1) is 17.4 Å². The summed E-state index contributed by atoms with van der Waals surface area (Å²) in [5.41, 5.74) is 5.57. The topological polar surface area (TPSA) is 24.9 Å². The normalized spacial score (nSPS) is 16.3. The molecule has 5 aromatic rings. The molecule has 6 rings (SSSR count). The SMILES string of the molecule is CC1C=CC(C(Nc2cccc3ccccc23)c2cccc(-c3cccc4ccccc34)n2)=CC1. The van der Waals surface area contributed by atoms with Crippen molar-refractivity contribution in [3.05, 3.63) is 133 Å². The number of pyridine rings is 1. The summed E-state index contributed by atoms with van der Waals surface area (Å²) >= 11 is 0. The first-order valence-electron chi connectivity index (χ1n) is 12.3. The summed E-state index contributed by atoms with van der Waals surface area (Å²) in [6.07, 6.45) is 7.98. The molecular weight excluding hydrogens is 424 g/mol. The predicted octanol–water partition coefficient (Wildman–Crippen LogP) is 8.73. The molecule has 1 aliphatic carbocycles. The fraction of sp³-hybridized carbons (Fsp3) is 0.121. The molecule has 2 nitrogen and oxygen atoms in total. The van der Waals surface area contributed by atoms with E-state index in [0.717, 1.165) is 29.1 Å². The van der Waals surface area contributed by atoms with Crippen LogP contribution in [0, 0.1) is 5.92 Å². The van der Waals surface area contributed by atoms with Crippen molar-refractivity contribution in [1.82, 2.24) is 4.98 Å². The van der Waals surface area contributed by atoms with E-state index in [1.807, 2.05) is 0 Å². The fourth-order valence-corrected chi connectivity index (χ4v) is 5.00. The number of hydrogen-bond donors (Lipinski definition) is 1. The molecule has 1 N–H and O–H groups in total. The second-order valence-electron chi connectivity index (χ2n) is 9.35. The van der Waals surface area contributed by atoms with E-state index in [0.29, 0.717) is 5.92 Å². The van der Waals surface area contributed by atoms with Crippen LogP contribution in [0.15, 0.2) is 127 Å². The number of hydrogen-bond acceptors (Lipinski definition) is 2. The van der Waals surface area contributed by atoms with E-state index in [-0.39, 0.29) is 6.04 Å². The molecular formula is C33H28N2. The van der Waals surface area contributed by atoms with Crippen LogP contribution >= 0.6 is 0 Å². The number of aromatic nitrogens is 1. The molecule has 0 fully saturated rings. The van der Waals surface area contributed by atoms with Crippen LogP contribution in [0.4, 0.5) is 5.69 Å². The molecule has 0 bridgehead atoms. The summed E-state index contributed by atoms with van der Waals surface area (Å²) in [7, 11) is 0. The molecule has 1 aliphatic rings. The van der Waals surface area contributed by atoms with E-state index in [9.17, 15) is 0 Å². The van der Waals surface area contributed by atoms with Gasteiger partial charge in [-0.05, 0) is 52.3 Å². The maximum absolute atomic E-state index is 5.23. The van der Waals surface area contributed by atoms with Gasteiger partial charge in [0.15, 0.2) is 0 Å². The van der Waals surface area contributed by atoms with E-state index in [1.165, 1.54) is 27.1 Å². The number of fused-ring (bicyclic) bond motifs is 2. The zero-order chi connectivity index (χ0) is 23.6. The number of anilines is 1. The zero-order valence-corrected chi connectivity index (χ0v) is 19.9. The van der Waals surface area contributed by atoms with Gasteiger partial charge in [0, 0.05) is 16.6 Å². The minimum Gasteiger partial charge on any atom is -0.372 e. The Labute approximate surface area is 206 Å². The van der Waals surface area contributed by atoms with Crippen LogP contribution in [0.3, 0.4) is 0 Å². The smallest absolute Gasteiger partial charge is 0.0937 e. The van der Waals surface area contributed by atoms with Gasteiger partial charge in [-0.25, -0.2) is 0 Å². The lowest BCUT2D eigenvalue weighted by molar-refractivity contribution is 0.717. The molecule has 2 heteroatoms. The molecule has 1 heterocycles. The van der Waals surface area contributed by atoms with E-state index in [4.69, 9.17) is 4.98 Å². The first kappa shape index (κ1) is 21.4. The largest absolute Gasteiger partial charge is 0.372 e. The number of rotatable bonds is 5. The van der Waals surface area contributed by atoms with Gasteiger partial charge in [-0.1, -0.05) is 110 Å². The van der Waals surface area contributed by atoms with Gasteiger partial charge in [0.2, 0.25) is 0 Å². The van der Waals surface area contributed by atoms with Crippen molar-refractivity contribution in [3.63, 3.8) is 0 Å². The number of benzene rings is 4. The Morgan fingerprint density at radius 2 is 1.43 bits per heavy atom. The summed E-state index contributed by atoms with van der Waals surface area (Å²) in [6, 6.07) is 36.3. The molecule has 2 unspecified atom stereocenters. The van der Waals surface area contributed by atoms with Gasteiger partial charge in [-0.2, -0.15) is 0 Å². The highest BCUT2D eigenvalue weighted by Gasteiger charge is 2.20. The Morgan fingerprint density at radius 1 is 0.743 bits per heavy atom. The minimum absolute atomic E-state index is 0.0421. The van der Waals surface area contributed by atoms with Crippen molar-refractivity contribution >= 4 is 27.2 Å². The highest BCUT2D eigenvalue weighted by atomic mass is 15.0. The van der Waals surface area contributed by atoms with E-state index < -0.39 is 0 Å². The Bertz CT molecular complexity index is 1570.